The number of ether oxygens (including phenoxy) is 1. The second-order valence-corrected chi connectivity index (χ2v) is 11.4. The minimum absolute atomic E-state index is 0.0368. The molecule has 7 nitrogen and oxygen atoms in total. The van der Waals surface area contributed by atoms with E-state index in [2.05, 4.69) is 10.6 Å². The van der Waals surface area contributed by atoms with E-state index in [1.807, 2.05) is 45.0 Å². The summed E-state index contributed by atoms with van der Waals surface area (Å²) in [6.45, 7) is 5.97. The van der Waals surface area contributed by atoms with Gasteiger partial charge < -0.3 is 15.4 Å². The first kappa shape index (κ1) is 25.7. The van der Waals surface area contributed by atoms with Gasteiger partial charge in [0.1, 0.15) is 18.4 Å². The largest absolute Gasteiger partial charge is 0.491 e. The summed E-state index contributed by atoms with van der Waals surface area (Å²) in [5.41, 5.74) is 1.40. The molecule has 0 spiro atoms. The van der Waals surface area contributed by atoms with Crippen LogP contribution in [0, 0.1) is 5.92 Å². The van der Waals surface area contributed by atoms with Gasteiger partial charge in [-0.2, -0.15) is 0 Å². The molecule has 0 aliphatic carbocycles. The van der Waals surface area contributed by atoms with E-state index in [1.54, 1.807) is 24.3 Å². The van der Waals surface area contributed by atoms with Gasteiger partial charge in [0.05, 0.1) is 16.7 Å². The monoisotopic (exact) mass is 486 g/mol. The van der Waals surface area contributed by atoms with Crippen molar-refractivity contribution in [3.63, 3.8) is 0 Å². The molecule has 2 amide bonds. The average Bonchev–Trinajstić information content (AvgIpc) is 2.79. The second kappa shape index (κ2) is 11.5. The van der Waals surface area contributed by atoms with Gasteiger partial charge in [-0.3, -0.25) is 9.59 Å². The van der Waals surface area contributed by atoms with Gasteiger partial charge in [0, 0.05) is 12.0 Å². The molecular formula is C26H34N2O5S. The summed E-state index contributed by atoms with van der Waals surface area (Å²) in [6.07, 6.45) is 1.56. The number of carbonyl (C=O) groups excluding carboxylic acids is 2. The van der Waals surface area contributed by atoms with E-state index in [0.717, 1.165) is 5.56 Å². The Labute approximate surface area is 202 Å². The topological polar surface area (TPSA) is 102 Å². The maximum atomic E-state index is 13.2. The van der Waals surface area contributed by atoms with Crippen LogP contribution in [0.5, 0.6) is 5.75 Å². The SMILES string of the molecule is CC(C)CC(=O)N[C@H]1CCCCS(=O)(=O)c2ccccc2-c2cccc(c2)OC[C@@H](C)NC1=O. The lowest BCUT2D eigenvalue weighted by Gasteiger charge is -2.22. The van der Waals surface area contributed by atoms with Crippen LogP contribution in [-0.2, 0) is 19.4 Å². The van der Waals surface area contributed by atoms with E-state index >= 15 is 0 Å². The van der Waals surface area contributed by atoms with Crippen molar-refractivity contribution in [2.24, 2.45) is 5.92 Å². The molecule has 2 atom stereocenters. The molecule has 0 radical (unpaired) electrons. The number of benzene rings is 2. The van der Waals surface area contributed by atoms with E-state index < -0.39 is 15.9 Å². The van der Waals surface area contributed by atoms with E-state index in [4.69, 9.17) is 4.74 Å². The predicted octanol–water partition coefficient (Wildman–Crippen LogP) is 3.73. The average molecular weight is 487 g/mol. The number of hydrogen-bond acceptors (Lipinski definition) is 5. The molecule has 0 saturated carbocycles. The van der Waals surface area contributed by atoms with Gasteiger partial charge in [-0.05, 0) is 55.9 Å². The summed E-state index contributed by atoms with van der Waals surface area (Å²) in [6, 6.07) is 13.3. The Hall–Kier alpha value is -2.87. The van der Waals surface area contributed by atoms with Gasteiger partial charge in [0.2, 0.25) is 11.8 Å². The van der Waals surface area contributed by atoms with E-state index in [9.17, 15) is 18.0 Å². The molecule has 8 heteroatoms. The number of nitrogens with one attached hydrogen (secondary N) is 2. The van der Waals surface area contributed by atoms with Crippen LogP contribution in [0.4, 0.5) is 0 Å². The fraction of sp³-hybridized carbons (Fsp3) is 0.462. The summed E-state index contributed by atoms with van der Waals surface area (Å²) >= 11 is 0. The van der Waals surface area contributed by atoms with Crippen LogP contribution < -0.4 is 15.4 Å². The Morgan fingerprint density at radius 2 is 1.91 bits per heavy atom. The normalized spacial score (nSPS) is 21.1. The highest BCUT2D eigenvalue weighted by Crippen LogP contribution is 2.31. The lowest BCUT2D eigenvalue weighted by atomic mass is 10.1. The first-order chi connectivity index (χ1) is 16.2. The third-order valence-corrected chi connectivity index (χ3v) is 7.51. The summed E-state index contributed by atoms with van der Waals surface area (Å²) in [5, 5.41) is 5.74. The summed E-state index contributed by atoms with van der Waals surface area (Å²) < 4.78 is 32.3. The van der Waals surface area contributed by atoms with Crippen molar-refractivity contribution in [1.29, 1.82) is 0 Å². The van der Waals surface area contributed by atoms with Crippen LogP contribution in [0.2, 0.25) is 0 Å². The van der Waals surface area contributed by atoms with E-state index in [0.29, 0.717) is 37.0 Å². The molecule has 3 rings (SSSR count). The van der Waals surface area contributed by atoms with Gasteiger partial charge in [0.15, 0.2) is 9.84 Å². The standard InChI is InChI=1S/C26H34N2O5S/c1-18(2)15-25(29)28-23-12-6-7-14-34(31,32)24-13-5-4-11-22(24)20-9-8-10-21(16-20)33-17-19(3)27-26(23)30/h4-5,8-11,13,16,18-19,23H,6-7,12,14-15,17H2,1-3H3,(H,27,30)(H,28,29)/t19-,23+/m1/s1. The molecule has 2 N–H and O–H groups in total. The minimum Gasteiger partial charge on any atom is -0.491 e. The third-order valence-electron chi connectivity index (χ3n) is 5.66. The van der Waals surface area contributed by atoms with Gasteiger partial charge in [-0.25, -0.2) is 8.42 Å². The molecule has 0 saturated heterocycles. The maximum absolute atomic E-state index is 13.2. The fourth-order valence-electron chi connectivity index (χ4n) is 3.98. The van der Waals surface area contributed by atoms with Crippen LogP contribution >= 0.6 is 0 Å². The highest BCUT2D eigenvalue weighted by atomic mass is 32.2. The lowest BCUT2D eigenvalue weighted by Crippen LogP contribution is -2.50. The molecule has 2 aromatic rings. The van der Waals surface area contributed by atoms with E-state index in [1.165, 1.54) is 0 Å². The van der Waals surface area contributed by atoms with Crippen molar-refractivity contribution in [1.82, 2.24) is 10.6 Å². The molecule has 1 aliphatic heterocycles. The Bertz CT molecular complexity index is 1110. The van der Waals surface area contributed by atoms with Gasteiger partial charge in [-0.15, -0.1) is 0 Å². The summed E-state index contributed by atoms with van der Waals surface area (Å²) in [7, 11) is -3.54. The molecule has 34 heavy (non-hydrogen) atoms. The molecule has 2 aromatic carbocycles. The van der Waals surface area contributed by atoms with Crippen LogP contribution in [0.3, 0.4) is 0 Å². The van der Waals surface area contributed by atoms with Crippen LogP contribution in [0.15, 0.2) is 53.4 Å². The number of amides is 2. The number of hydrogen-bond donors (Lipinski definition) is 2. The second-order valence-electron chi connectivity index (χ2n) is 9.28. The maximum Gasteiger partial charge on any atom is 0.242 e. The quantitative estimate of drug-likeness (QED) is 0.688. The highest BCUT2D eigenvalue weighted by molar-refractivity contribution is 7.91. The molecular weight excluding hydrogens is 452 g/mol. The third kappa shape index (κ3) is 7.06. The van der Waals surface area contributed by atoms with Crippen molar-refractivity contribution in [2.75, 3.05) is 12.4 Å². The molecule has 184 valence electrons. The van der Waals surface area contributed by atoms with Crippen LogP contribution in [0.25, 0.3) is 11.1 Å². The zero-order valence-corrected chi connectivity index (χ0v) is 20.9. The summed E-state index contributed by atoms with van der Waals surface area (Å²) in [4.78, 5) is 25.5. The molecule has 2 bridgehead atoms. The number of fused-ring (bicyclic) bond motifs is 4. The first-order valence-electron chi connectivity index (χ1n) is 11.8. The Morgan fingerprint density at radius 3 is 2.68 bits per heavy atom. The zero-order valence-electron chi connectivity index (χ0n) is 20.0. The summed E-state index contributed by atoms with van der Waals surface area (Å²) in [5.74, 6) is 0.238. The van der Waals surface area contributed by atoms with Crippen LogP contribution in [-0.4, -0.2) is 44.7 Å². The Morgan fingerprint density at radius 1 is 1.15 bits per heavy atom. The predicted molar refractivity (Wildman–Crippen MR) is 132 cm³/mol. The van der Waals surface area contributed by atoms with Crippen molar-refractivity contribution in [3.05, 3.63) is 48.5 Å². The van der Waals surface area contributed by atoms with E-state index in [-0.39, 0.29) is 41.0 Å². The van der Waals surface area contributed by atoms with Crippen molar-refractivity contribution >= 4 is 21.7 Å². The molecule has 0 aromatic heterocycles. The highest BCUT2D eigenvalue weighted by Gasteiger charge is 2.24. The fourth-order valence-corrected chi connectivity index (χ4v) is 5.59. The molecule has 1 aliphatic rings. The Balaban J connectivity index is 1.89. The Kier molecular flexibility index (Phi) is 8.72. The zero-order chi connectivity index (χ0) is 24.7. The van der Waals surface area contributed by atoms with Gasteiger partial charge in [0.25, 0.3) is 0 Å². The van der Waals surface area contributed by atoms with Crippen LogP contribution in [0.1, 0.15) is 46.5 Å². The van der Waals surface area contributed by atoms with Crippen molar-refractivity contribution in [3.8, 4) is 16.9 Å². The molecule has 0 unspecified atom stereocenters. The van der Waals surface area contributed by atoms with Gasteiger partial charge >= 0.3 is 0 Å². The van der Waals surface area contributed by atoms with Gasteiger partial charge in [-0.1, -0.05) is 44.2 Å². The smallest absolute Gasteiger partial charge is 0.242 e. The lowest BCUT2D eigenvalue weighted by molar-refractivity contribution is -0.130. The molecule has 0 fully saturated rings. The number of sulfone groups is 1. The number of rotatable bonds is 3. The van der Waals surface area contributed by atoms with Crippen molar-refractivity contribution < 1.29 is 22.7 Å². The van der Waals surface area contributed by atoms with Crippen molar-refractivity contribution in [2.45, 2.75) is 63.4 Å². The number of carbonyl (C=O) groups is 2. The first-order valence-corrected chi connectivity index (χ1v) is 13.5. The minimum atomic E-state index is -3.54. The molecule has 1 heterocycles.